The number of aryl methyl sites for hydroxylation is 2. The Hall–Kier alpha value is -4.24. The van der Waals surface area contributed by atoms with E-state index in [-0.39, 0.29) is 10.8 Å². The van der Waals surface area contributed by atoms with E-state index in [2.05, 4.69) is 110 Å². The van der Waals surface area contributed by atoms with E-state index in [4.69, 9.17) is 4.42 Å². The number of hydrogen-bond donors (Lipinski definition) is 0. The highest BCUT2D eigenvalue weighted by atomic mass is 16.3. The SMILES string of the molecule is Cc1ccc2c(oc3cccnc32)c1-c1cc(-c2ccc3c(c2)C2(CC2)c2ccccc2C3(C)C)cc[n+]1C. The zero-order chi connectivity index (χ0) is 26.5. The monoisotopic (exact) mass is 507 g/mol. The fraction of sp³-hybridized carbons (Fsp3) is 0.222. The van der Waals surface area contributed by atoms with E-state index in [1.54, 1.807) is 0 Å². The minimum Gasteiger partial charge on any atom is -0.453 e. The van der Waals surface area contributed by atoms with Crippen molar-refractivity contribution in [2.75, 3.05) is 0 Å². The normalized spacial score (nSPS) is 16.4. The summed E-state index contributed by atoms with van der Waals surface area (Å²) in [6.07, 6.45) is 6.47. The molecule has 8 rings (SSSR count). The first-order chi connectivity index (χ1) is 18.9. The number of aromatic nitrogens is 2. The van der Waals surface area contributed by atoms with Crippen LogP contribution in [0.1, 0.15) is 54.5 Å². The molecule has 190 valence electrons. The summed E-state index contributed by atoms with van der Waals surface area (Å²) in [5, 5.41) is 1.06. The second-order valence-electron chi connectivity index (χ2n) is 12.0. The lowest BCUT2D eigenvalue weighted by Gasteiger charge is -2.40. The molecule has 0 radical (unpaired) electrons. The second kappa shape index (κ2) is 7.66. The summed E-state index contributed by atoms with van der Waals surface area (Å²) in [4.78, 5) is 4.61. The Labute approximate surface area is 228 Å². The third-order valence-electron chi connectivity index (χ3n) is 9.42. The summed E-state index contributed by atoms with van der Waals surface area (Å²) in [6.45, 7) is 6.93. The van der Waals surface area contributed by atoms with E-state index in [9.17, 15) is 0 Å². The van der Waals surface area contributed by atoms with Gasteiger partial charge in [-0.05, 0) is 83.0 Å². The molecule has 0 N–H and O–H groups in total. The Balaban J connectivity index is 1.32. The highest BCUT2D eigenvalue weighted by Gasteiger charge is 2.53. The van der Waals surface area contributed by atoms with Gasteiger partial charge in [0.2, 0.25) is 5.69 Å². The molecule has 1 spiro atoms. The van der Waals surface area contributed by atoms with Crippen molar-refractivity contribution < 1.29 is 8.98 Å². The first-order valence-corrected chi connectivity index (χ1v) is 13.9. The second-order valence-corrected chi connectivity index (χ2v) is 12.0. The van der Waals surface area contributed by atoms with Crippen molar-refractivity contribution in [3.63, 3.8) is 0 Å². The number of furan rings is 1. The number of hydrogen-bond acceptors (Lipinski definition) is 2. The van der Waals surface area contributed by atoms with Crippen LogP contribution in [0.25, 0.3) is 44.5 Å². The minimum absolute atomic E-state index is 0.00529. The van der Waals surface area contributed by atoms with Crippen LogP contribution in [-0.4, -0.2) is 4.98 Å². The van der Waals surface area contributed by atoms with Crippen LogP contribution in [0.4, 0.5) is 0 Å². The Morgan fingerprint density at radius 1 is 0.795 bits per heavy atom. The van der Waals surface area contributed by atoms with Crippen LogP contribution >= 0.6 is 0 Å². The molecule has 3 aromatic heterocycles. The lowest BCUT2D eigenvalue weighted by molar-refractivity contribution is -0.660. The van der Waals surface area contributed by atoms with Gasteiger partial charge in [-0.1, -0.05) is 56.3 Å². The number of rotatable bonds is 2. The molecule has 0 atom stereocenters. The van der Waals surface area contributed by atoms with Gasteiger partial charge in [0.25, 0.3) is 0 Å². The van der Waals surface area contributed by atoms with Crippen molar-refractivity contribution in [1.82, 2.24) is 4.98 Å². The molecule has 3 heteroatoms. The predicted molar refractivity (Wildman–Crippen MR) is 157 cm³/mol. The maximum absolute atomic E-state index is 6.41. The van der Waals surface area contributed by atoms with E-state index in [1.807, 2.05) is 18.3 Å². The quantitative estimate of drug-likeness (QED) is 0.221. The predicted octanol–water partition coefficient (Wildman–Crippen LogP) is 8.17. The van der Waals surface area contributed by atoms with Crippen LogP contribution in [0, 0.1) is 6.92 Å². The number of benzene rings is 3. The summed E-state index contributed by atoms with van der Waals surface area (Å²) in [6, 6.07) is 29.1. The van der Waals surface area contributed by atoms with Gasteiger partial charge in [0.05, 0.1) is 5.56 Å². The summed E-state index contributed by atoms with van der Waals surface area (Å²) < 4.78 is 8.61. The van der Waals surface area contributed by atoms with Crippen molar-refractivity contribution in [1.29, 1.82) is 0 Å². The van der Waals surface area contributed by atoms with Gasteiger partial charge in [-0.25, -0.2) is 4.57 Å². The van der Waals surface area contributed by atoms with E-state index >= 15 is 0 Å². The summed E-state index contributed by atoms with van der Waals surface area (Å²) >= 11 is 0. The topological polar surface area (TPSA) is 29.9 Å². The van der Waals surface area contributed by atoms with Gasteiger partial charge >= 0.3 is 0 Å². The van der Waals surface area contributed by atoms with E-state index in [1.165, 1.54) is 51.8 Å². The van der Waals surface area contributed by atoms with Gasteiger partial charge in [0.15, 0.2) is 17.4 Å². The van der Waals surface area contributed by atoms with Gasteiger partial charge < -0.3 is 4.42 Å². The molecule has 3 heterocycles. The van der Waals surface area contributed by atoms with Gasteiger partial charge in [-0.15, -0.1) is 0 Å². The van der Waals surface area contributed by atoms with Gasteiger partial charge in [0, 0.05) is 34.5 Å². The summed E-state index contributed by atoms with van der Waals surface area (Å²) in [7, 11) is 2.11. The highest BCUT2D eigenvalue weighted by Crippen LogP contribution is 2.62. The number of fused-ring (bicyclic) bond motifs is 7. The highest BCUT2D eigenvalue weighted by molar-refractivity contribution is 6.07. The molecular weight excluding hydrogens is 476 g/mol. The smallest absolute Gasteiger partial charge is 0.216 e. The fourth-order valence-electron chi connectivity index (χ4n) is 7.14. The molecule has 3 nitrogen and oxygen atoms in total. The largest absolute Gasteiger partial charge is 0.453 e. The maximum Gasteiger partial charge on any atom is 0.216 e. The Morgan fingerprint density at radius 3 is 2.38 bits per heavy atom. The molecule has 0 unspecified atom stereocenters. The average molecular weight is 508 g/mol. The van der Waals surface area contributed by atoms with Crippen molar-refractivity contribution in [3.05, 3.63) is 119 Å². The third-order valence-corrected chi connectivity index (χ3v) is 9.42. The first kappa shape index (κ1) is 22.7. The molecule has 1 fully saturated rings. The van der Waals surface area contributed by atoms with Crippen LogP contribution in [0.5, 0.6) is 0 Å². The van der Waals surface area contributed by atoms with Crippen molar-refractivity contribution in [2.24, 2.45) is 7.05 Å². The van der Waals surface area contributed by atoms with E-state index < -0.39 is 0 Å². The van der Waals surface area contributed by atoms with Crippen molar-refractivity contribution >= 4 is 22.1 Å². The Morgan fingerprint density at radius 2 is 1.56 bits per heavy atom. The minimum atomic E-state index is -0.00529. The number of nitrogens with zero attached hydrogens (tertiary/aromatic N) is 2. The molecule has 39 heavy (non-hydrogen) atoms. The molecule has 3 aromatic carbocycles. The van der Waals surface area contributed by atoms with Gasteiger partial charge in [-0.2, -0.15) is 0 Å². The first-order valence-electron chi connectivity index (χ1n) is 13.9. The molecule has 2 aliphatic rings. The van der Waals surface area contributed by atoms with Crippen LogP contribution in [-0.2, 0) is 17.9 Å². The zero-order valence-corrected chi connectivity index (χ0v) is 22.9. The van der Waals surface area contributed by atoms with E-state index in [0.717, 1.165) is 33.3 Å². The lowest BCUT2D eigenvalue weighted by atomic mass is 9.63. The zero-order valence-electron chi connectivity index (χ0n) is 22.9. The molecule has 1 saturated carbocycles. The summed E-state index contributed by atoms with van der Waals surface area (Å²) in [5.74, 6) is 0. The Kier molecular flexibility index (Phi) is 4.46. The number of pyridine rings is 2. The van der Waals surface area contributed by atoms with Gasteiger partial charge in [0.1, 0.15) is 12.6 Å². The van der Waals surface area contributed by atoms with Crippen LogP contribution in [0.3, 0.4) is 0 Å². The van der Waals surface area contributed by atoms with Crippen LogP contribution in [0.15, 0.2) is 95.7 Å². The third kappa shape index (κ3) is 3.04. The Bertz CT molecular complexity index is 1970. The molecule has 6 aromatic rings. The molecular formula is C36H31N2O+. The average Bonchev–Trinajstić information content (AvgIpc) is 3.67. The van der Waals surface area contributed by atoms with Crippen molar-refractivity contribution in [2.45, 2.75) is 44.4 Å². The fourth-order valence-corrected chi connectivity index (χ4v) is 7.14. The molecule has 2 aliphatic carbocycles. The molecule has 0 aliphatic heterocycles. The maximum atomic E-state index is 6.41. The van der Waals surface area contributed by atoms with Crippen LogP contribution < -0.4 is 4.57 Å². The molecule has 0 amide bonds. The van der Waals surface area contributed by atoms with E-state index in [0.29, 0.717) is 0 Å². The lowest BCUT2D eigenvalue weighted by Crippen LogP contribution is -2.32. The van der Waals surface area contributed by atoms with Crippen LogP contribution in [0.2, 0.25) is 0 Å². The van der Waals surface area contributed by atoms with Gasteiger partial charge in [-0.3, -0.25) is 4.98 Å². The van der Waals surface area contributed by atoms with Crippen molar-refractivity contribution in [3.8, 4) is 22.4 Å². The molecule has 0 bridgehead atoms. The standard InChI is InChI=1S/C36H31N2O/c1-22-11-13-25-33-31(10-7-18-37-33)39-34(25)32(22)30-21-24(15-19-38(30)4)23-12-14-27-29(20-23)36(16-17-36)28-9-6-5-8-26(28)35(27,2)3/h5-15,18-21H,16-17H2,1-4H3/q+1. The summed E-state index contributed by atoms with van der Waals surface area (Å²) in [5.41, 5.74) is 14.8. The molecule has 0 saturated heterocycles.